The van der Waals surface area contributed by atoms with Gasteiger partial charge in [-0.3, -0.25) is 0 Å². The second-order valence-electron chi connectivity index (χ2n) is 10.4. The Bertz CT molecular complexity index is 1250. The van der Waals surface area contributed by atoms with E-state index in [0.29, 0.717) is 5.75 Å². The highest BCUT2D eigenvalue weighted by molar-refractivity contribution is 7.95. The molecule has 192 valence electrons. The Balaban J connectivity index is 0.00000320. The van der Waals surface area contributed by atoms with Gasteiger partial charge in [0.05, 0.1) is 6.16 Å². The number of rotatable bonds is 6. The fraction of sp³-hybridized carbons (Fsp3) is 0.294. The van der Waals surface area contributed by atoms with Crippen LogP contribution >= 0.6 is 7.26 Å². The fourth-order valence-electron chi connectivity index (χ4n) is 5.76. The highest BCUT2D eigenvalue weighted by atomic mass is 31.2. The topological polar surface area (TPSA) is 29.5 Å². The summed E-state index contributed by atoms with van der Waals surface area (Å²) >= 11 is 0. The Labute approximate surface area is 223 Å². The van der Waals surface area contributed by atoms with Gasteiger partial charge in [0.1, 0.15) is 40.3 Å². The van der Waals surface area contributed by atoms with Crippen molar-refractivity contribution in [1.82, 2.24) is 0 Å². The molecule has 1 atom stereocenters. The lowest BCUT2D eigenvalue weighted by Gasteiger charge is -2.39. The van der Waals surface area contributed by atoms with Gasteiger partial charge in [-0.2, -0.15) is 0 Å². The zero-order chi connectivity index (χ0) is 25.3. The van der Waals surface area contributed by atoms with Crippen molar-refractivity contribution < 1.29 is 9.84 Å². The van der Waals surface area contributed by atoms with Gasteiger partial charge in [-0.15, -0.1) is 0 Å². The van der Waals surface area contributed by atoms with Crippen molar-refractivity contribution >= 4 is 23.2 Å². The molecule has 0 amide bonds. The molecule has 37 heavy (non-hydrogen) atoms. The van der Waals surface area contributed by atoms with Crippen LogP contribution in [0, 0.1) is 20.8 Å². The molecule has 0 aromatic heterocycles. The second kappa shape index (κ2) is 10.7. The molecule has 0 saturated heterocycles. The number of hydrogen-bond donors (Lipinski definition) is 1. The van der Waals surface area contributed by atoms with Crippen LogP contribution in [0.1, 0.15) is 49.4 Å². The predicted molar refractivity (Wildman–Crippen MR) is 161 cm³/mol. The Kier molecular flexibility index (Phi) is 7.81. The predicted octanol–water partition coefficient (Wildman–Crippen LogP) is 7.42. The minimum atomic E-state index is -1.91. The second-order valence-corrected chi connectivity index (χ2v) is 14.0. The number of benzene rings is 4. The first kappa shape index (κ1) is 27.0. The minimum absolute atomic E-state index is 0. The average molecular weight is 512 g/mol. The Morgan fingerprint density at radius 3 is 1.65 bits per heavy atom. The van der Waals surface area contributed by atoms with Gasteiger partial charge in [0.2, 0.25) is 0 Å². The first-order chi connectivity index (χ1) is 17.4. The van der Waals surface area contributed by atoms with Gasteiger partial charge in [-0.05, 0) is 93.6 Å². The third-order valence-electron chi connectivity index (χ3n) is 8.16. The molecule has 1 aliphatic heterocycles. The van der Waals surface area contributed by atoms with Crippen molar-refractivity contribution in [3.8, 4) is 11.5 Å². The average Bonchev–Trinajstić information content (AvgIpc) is 2.93. The number of hydrogen-bond acceptors (Lipinski definition) is 2. The number of phenols is 1. The van der Waals surface area contributed by atoms with Crippen molar-refractivity contribution in [2.45, 2.75) is 60.0 Å². The van der Waals surface area contributed by atoms with E-state index < -0.39 is 7.26 Å². The van der Waals surface area contributed by atoms with Crippen LogP contribution in [0.15, 0.2) is 91.0 Å². The summed E-state index contributed by atoms with van der Waals surface area (Å²) in [5.74, 6) is 1.40. The van der Waals surface area contributed by atoms with Crippen molar-refractivity contribution in [2.24, 2.45) is 0 Å². The first-order valence-corrected chi connectivity index (χ1v) is 14.9. The third-order valence-corrected chi connectivity index (χ3v) is 12.6. The number of aromatic hydroxyl groups is 1. The first-order valence-electron chi connectivity index (χ1n) is 12.9. The zero-order valence-electron chi connectivity index (χ0n) is 21.8. The highest BCUT2D eigenvalue weighted by Crippen LogP contribution is 2.57. The van der Waals surface area contributed by atoms with Crippen LogP contribution in [0.25, 0.3) is 0 Å². The summed E-state index contributed by atoms with van der Waals surface area (Å²) in [5, 5.41) is 14.8. The normalized spacial score (nSPS) is 16.9. The van der Waals surface area contributed by atoms with E-state index in [9.17, 15) is 5.11 Å². The Morgan fingerprint density at radius 1 is 0.730 bits per heavy atom. The number of phenolic OH excluding ortho intramolecular Hbond substituents is 1. The molecule has 1 aliphatic rings. The van der Waals surface area contributed by atoms with Crippen LogP contribution in [0.3, 0.4) is 0 Å². The molecule has 0 saturated carbocycles. The highest BCUT2D eigenvalue weighted by Gasteiger charge is 2.47. The van der Waals surface area contributed by atoms with Crippen LogP contribution < -0.4 is 20.7 Å². The molecule has 0 radical (unpaired) electrons. The summed E-state index contributed by atoms with van der Waals surface area (Å²) in [6.07, 6.45) is 3.87. The molecule has 5 rings (SSSR count). The van der Waals surface area contributed by atoms with E-state index in [-0.39, 0.29) is 13.0 Å². The van der Waals surface area contributed by atoms with E-state index in [1.165, 1.54) is 21.5 Å². The molecule has 3 heteroatoms. The monoisotopic (exact) mass is 511 g/mol. The Morgan fingerprint density at radius 2 is 1.19 bits per heavy atom. The maximum Gasteiger partial charge on any atom is 0.127 e. The van der Waals surface area contributed by atoms with Crippen LogP contribution in [0.2, 0.25) is 0 Å². The van der Waals surface area contributed by atoms with Crippen molar-refractivity contribution in [2.75, 3.05) is 6.16 Å². The van der Waals surface area contributed by atoms with Gasteiger partial charge in [-0.25, -0.2) is 0 Å². The van der Waals surface area contributed by atoms with E-state index in [0.717, 1.165) is 47.9 Å². The van der Waals surface area contributed by atoms with E-state index in [2.05, 4.69) is 105 Å². The molecule has 0 aliphatic carbocycles. The van der Waals surface area contributed by atoms with E-state index in [1.807, 2.05) is 13.8 Å². The maximum absolute atomic E-state index is 10.6. The lowest BCUT2D eigenvalue weighted by molar-refractivity contribution is 0.0608. The van der Waals surface area contributed by atoms with Gasteiger partial charge in [-0.1, -0.05) is 62.0 Å². The van der Waals surface area contributed by atoms with E-state index in [1.54, 1.807) is 0 Å². The Hall–Kier alpha value is -3.09. The van der Waals surface area contributed by atoms with Gasteiger partial charge in [0.25, 0.3) is 0 Å². The standard InChI is InChI=1S/C33H35O2P.CH4/c1-24-25(2)32-30(26(3)31(24)34)20-21-33(4,35-32)22-23-36(27-14-8-5-9-15-27,28-16-10-6-11-17-28)29-18-12-7-13-19-29;/h5-19H,20-23H2,1-4H3;1H4/p+1. The van der Waals surface area contributed by atoms with Crippen LogP contribution in [0.5, 0.6) is 11.5 Å². The lowest BCUT2D eigenvalue weighted by Crippen LogP contribution is -2.41. The van der Waals surface area contributed by atoms with Gasteiger partial charge >= 0.3 is 0 Å². The summed E-state index contributed by atoms with van der Waals surface area (Å²) in [4.78, 5) is 0. The van der Waals surface area contributed by atoms with Crippen molar-refractivity contribution in [1.29, 1.82) is 0 Å². The van der Waals surface area contributed by atoms with Gasteiger partial charge < -0.3 is 9.84 Å². The SMILES string of the molecule is C.Cc1c(C)c2c(c(C)c1O)CCC(C)(CC[P+](c1ccccc1)(c1ccccc1)c1ccccc1)O2. The number of fused-ring (bicyclic) bond motifs is 1. The van der Waals surface area contributed by atoms with Crippen LogP contribution in [-0.2, 0) is 6.42 Å². The summed E-state index contributed by atoms with van der Waals surface area (Å²) in [6.45, 7) is 8.37. The van der Waals surface area contributed by atoms with E-state index >= 15 is 0 Å². The smallest absolute Gasteiger partial charge is 0.127 e. The lowest BCUT2D eigenvalue weighted by atomic mass is 9.86. The molecule has 1 N–H and O–H groups in total. The van der Waals surface area contributed by atoms with Crippen LogP contribution in [0.4, 0.5) is 0 Å². The summed E-state index contributed by atoms with van der Waals surface area (Å²) in [5.41, 5.74) is 3.86. The fourth-order valence-corrected chi connectivity index (χ4v) is 10.3. The maximum atomic E-state index is 10.6. The molecule has 0 spiro atoms. The molecule has 4 aromatic rings. The number of ether oxygens (including phenoxy) is 1. The molecule has 2 nitrogen and oxygen atoms in total. The quantitative estimate of drug-likeness (QED) is 0.273. The van der Waals surface area contributed by atoms with Crippen molar-refractivity contribution in [3.05, 3.63) is 113 Å². The van der Waals surface area contributed by atoms with Gasteiger partial charge in [0.15, 0.2) is 0 Å². The van der Waals surface area contributed by atoms with E-state index in [4.69, 9.17) is 4.74 Å². The largest absolute Gasteiger partial charge is 0.507 e. The summed E-state index contributed by atoms with van der Waals surface area (Å²) < 4.78 is 6.88. The molecule has 0 bridgehead atoms. The molecular formula is C34H40O2P+. The summed E-state index contributed by atoms with van der Waals surface area (Å²) in [6, 6.07) is 33.2. The molecule has 0 fully saturated rings. The molecule has 1 heterocycles. The summed E-state index contributed by atoms with van der Waals surface area (Å²) in [7, 11) is -1.91. The third kappa shape index (κ3) is 4.80. The molecule has 4 aromatic carbocycles. The van der Waals surface area contributed by atoms with Gasteiger partial charge in [0, 0.05) is 12.0 Å². The van der Waals surface area contributed by atoms with Crippen LogP contribution in [-0.4, -0.2) is 16.9 Å². The minimum Gasteiger partial charge on any atom is -0.507 e. The molecular weight excluding hydrogens is 471 g/mol. The molecule has 1 unspecified atom stereocenters. The zero-order valence-corrected chi connectivity index (χ0v) is 22.7. The van der Waals surface area contributed by atoms with Crippen molar-refractivity contribution in [3.63, 3.8) is 0 Å².